The van der Waals surface area contributed by atoms with E-state index in [-0.39, 0.29) is 6.10 Å². The predicted molar refractivity (Wildman–Crippen MR) is 62.3 cm³/mol. The molecule has 5 heteroatoms. The van der Waals surface area contributed by atoms with Crippen molar-refractivity contribution in [2.24, 2.45) is 4.99 Å². The van der Waals surface area contributed by atoms with Gasteiger partial charge in [0, 0.05) is 12.7 Å². The largest absolute Gasteiger partial charge is 0.376 e. The number of rotatable bonds is 2. The Kier molecular flexibility index (Phi) is 3.77. The van der Waals surface area contributed by atoms with Crippen LogP contribution in [-0.4, -0.2) is 49.6 Å². The number of aliphatic imine (C=N–C) groups is 1. The quantitative estimate of drug-likeness (QED) is 0.714. The second kappa shape index (κ2) is 5.09. The lowest BCUT2D eigenvalue weighted by molar-refractivity contribution is -0.0603. The summed E-state index contributed by atoms with van der Waals surface area (Å²) < 4.78 is 11.9. The van der Waals surface area contributed by atoms with E-state index in [1.165, 1.54) is 0 Å². The number of hydrogen-bond donors (Lipinski definition) is 0. The number of ether oxygens (including phenoxy) is 2. The first-order valence-corrected chi connectivity index (χ1v) is 5.97. The average Bonchev–Trinajstić information content (AvgIpc) is 2.29. The van der Waals surface area contributed by atoms with E-state index in [0.29, 0.717) is 19.8 Å². The summed E-state index contributed by atoms with van der Waals surface area (Å²) in [6, 6.07) is 0. The van der Waals surface area contributed by atoms with Gasteiger partial charge in [-0.25, -0.2) is 4.99 Å². The van der Waals surface area contributed by atoms with Gasteiger partial charge in [-0.15, -0.1) is 0 Å². The predicted octanol–water partition coefficient (Wildman–Crippen LogP) is 1.37. The van der Waals surface area contributed by atoms with Crippen molar-refractivity contribution in [1.29, 1.82) is 0 Å². The lowest BCUT2D eigenvalue weighted by Gasteiger charge is -2.30. The normalized spacial score (nSPS) is 27.3. The van der Waals surface area contributed by atoms with Crippen LogP contribution in [-0.2, 0) is 9.47 Å². The van der Waals surface area contributed by atoms with Crippen LogP contribution in [0, 0.1) is 0 Å². The molecule has 0 saturated carbocycles. The van der Waals surface area contributed by atoms with Crippen LogP contribution in [0.15, 0.2) is 15.8 Å². The van der Waals surface area contributed by atoms with E-state index in [0.717, 1.165) is 23.4 Å². The lowest BCUT2D eigenvalue weighted by Crippen LogP contribution is -2.42. The molecule has 0 aromatic rings. The van der Waals surface area contributed by atoms with Gasteiger partial charge in [-0.3, -0.25) is 0 Å². The minimum absolute atomic E-state index is 0.0223. The molecule has 0 bridgehead atoms. The Bertz CT molecular complexity index is 285. The SMILES string of the molecule is CCN1C=C(Br)N=C(C2COCCO2)C1. The maximum absolute atomic E-state index is 5.63. The van der Waals surface area contributed by atoms with Crippen molar-refractivity contribution in [2.45, 2.75) is 13.0 Å². The molecule has 0 aliphatic carbocycles. The van der Waals surface area contributed by atoms with Gasteiger partial charge in [0.2, 0.25) is 0 Å². The van der Waals surface area contributed by atoms with E-state index < -0.39 is 0 Å². The molecule has 1 unspecified atom stereocenters. The van der Waals surface area contributed by atoms with Crippen LogP contribution < -0.4 is 0 Å². The van der Waals surface area contributed by atoms with Crippen molar-refractivity contribution in [1.82, 2.24) is 4.90 Å². The van der Waals surface area contributed by atoms with Crippen LogP contribution in [0.1, 0.15) is 6.92 Å². The molecule has 1 atom stereocenters. The molecule has 84 valence electrons. The van der Waals surface area contributed by atoms with Gasteiger partial charge in [0.25, 0.3) is 0 Å². The maximum atomic E-state index is 5.63. The highest BCUT2D eigenvalue weighted by atomic mass is 79.9. The third-order valence-corrected chi connectivity index (χ3v) is 2.88. The van der Waals surface area contributed by atoms with E-state index >= 15 is 0 Å². The molecule has 0 radical (unpaired) electrons. The summed E-state index contributed by atoms with van der Waals surface area (Å²) in [6.07, 6.45) is 2.03. The summed E-state index contributed by atoms with van der Waals surface area (Å²) in [4.78, 5) is 6.65. The topological polar surface area (TPSA) is 34.1 Å². The zero-order chi connectivity index (χ0) is 10.7. The molecule has 0 amide bonds. The Morgan fingerprint density at radius 1 is 1.60 bits per heavy atom. The maximum Gasteiger partial charge on any atom is 0.122 e. The summed E-state index contributed by atoms with van der Waals surface area (Å²) in [5.74, 6) is 0. The molecule has 0 aromatic carbocycles. The zero-order valence-electron chi connectivity index (χ0n) is 8.78. The van der Waals surface area contributed by atoms with Crippen LogP contribution in [0.25, 0.3) is 0 Å². The van der Waals surface area contributed by atoms with E-state index in [1.807, 2.05) is 6.20 Å². The first-order chi connectivity index (χ1) is 7.29. The van der Waals surface area contributed by atoms with Crippen LogP contribution in [0.2, 0.25) is 0 Å². The third-order valence-electron chi connectivity index (χ3n) is 2.50. The number of nitrogens with zero attached hydrogens (tertiary/aromatic N) is 2. The fourth-order valence-corrected chi connectivity index (χ4v) is 2.18. The number of hydrogen-bond acceptors (Lipinski definition) is 4. The molecule has 2 heterocycles. The van der Waals surface area contributed by atoms with Crippen LogP contribution >= 0.6 is 15.9 Å². The van der Waals surface area contributed by atoms with Crippen LogP contribution in [0.3, 0.4) is 0 Å². The molecular weight excluding hydrogens is 260 g/mol. The molecule has 0 spiro atoms. The van der Waals surface area contributed by atoms with E-state index in [2.05, 4.69) is 32.7 Å². The monoisotopic (exact) mass is 274 g/mol. The second-order valence-electron chi connectivity index (χ2n) is 3.55. The van der Waals surface area contributed by atoms with Gasteiger partial charge in [0.15, 0.2) is 0 Å². The fraction of sp³-hybridized carbons (Fsp3) is 0.700. The molecule has 2 aliphatic rings. The van der Waals surface area contributed by atoms with Crippen molar-refractivity contribution in [2.75, 3.05) is 32.9 Å². The van der Waals surface area contributed by atoms with Crippen molar-refractivity contribution in [3.8, 4) is 0 Å². The lowest BCUT2D eigenvalue weighted by atomic mass is 10.2. The molecule has 15 heavy (non-hydrogen) atoms. The Morgan fingerprint density at radius 2 is 2.47 bits per heavy atom. The van der Waals surface area contributed by atoms with Crippen molar-refractivity contribution in [3.63, 3.8) is 0 Å². The molecular formula is C10H15BrN2O2. The van der Waals surface area contributed by atoms with Crippen molar-refractivity contribution >= 4 is 21.6 Å². The zero-order valence-corrected chi connectivity index (χ0v) is 10.4. The van der Waals surface area contributed by atoms with E-state index in [1.54, 1.807) is 0 Å². The molecule has 2 aliphatic heterocycles. The first kappa shape index (κ1) is 11.1. The van der Waals surface area contributed by atoms with Gasteiger partial charge < -0.3 is 14.4 Å². The molecule has 4 nitrogen and oxygen atoms in total. The first-order valence-electron chi connectivity index (χ1n) is 5.17. The molecule has 0 aromatic heterocycles. The smallest absolute Gasteiger partial charge is 0.122 e. The van der Waals surface area contributed by atoms with Crippen LogP contribution in [0.4, 0.5) is 0 Å². The second-order valence-corrected chi connectivity index (χ2v) is 4.36. The summed E-state index contributed by atoms with van der Waals surface area (Å²) in [7, 11) is 0. The Hall–Kier alpha value is -0.390. The van der Waals surface area contributed by atoms with Crippen molar-refractivity contribution in [3.05, 3.63) is 10.8 Å². The van der Waals surface area contributed by atoms with Crippen LogP contribution in [0.5, 0.6) is 0 Å². The summed E-state index contributed by atoms with van der Waals surface area (Å²) in [6.45, 7) is 5.91. The summed E-state index contributed by atoms with van der Waals surface area (Å²) >= 11 is 3.41. The van der Waals surface area contributed by atoms with Gasteiger partial charge in [-0.05, 0) is 22.9 Å². The Balaban J connectivity index is 2.05. The minimum Gasteiger partial charge on any atom is -0.376 e. The third kappa shape index (κ3) is 2.80. The molecule has 2 rings (SSSR count). The van der Waals surface area contributed by atoms with E-state index in [4.69, 9.17) is 9.47 Å². The summed E-state index contributed by atoms with van der Waals surface area (Å²) in [5.41, 5.74) is 1.05. The molecule has 1 fully saturated rings. The minimum atomic E-state index is 0.0223. The standard InChI is InChI=1S/C10H15BrN2O2/c1-2-13-5-8(12-10(11)6-13)9-7-14-3-4-15-9/h6,9H,2-5,7H2,1H3. The van der Waals surface area contributed by atoms with Gasteiger partial charge >= 0.3 is 0 Å². The van der Waals surface area contributed by atoms with Gasteiger partial charge in [-0.1, -0.05) is 0 Å². The Morgan fingerprint density at radius 3 is 3.13 bits per heavy atom. The highest BCUT2D eigenvalue weighted by Crippen LogP contribution is 2.17. The summed E-state index contributed by atoms with van der Waals surface area (Å²) in [5, 5.41) is 0. The van der Waals surface area contributed by atoms with Gasteiger partial charge in [0.1, 0.15) is 10.7 Å². The van der Waals surface area contributed by atoms with E-state index in [9.17, 15) is 0 Å². The molecule has 0 N–H and O–H groups in total. The van der Waals surface area contributed by atoms with Gasteiger partial charge in [0.05, 0.1) is 32.1 Å². The van der Waals surface area contributed by atoms with Crippen molar-refractivity contribution < 1.29 is 9.47 Å². The highest BCUT2D eigenvalue weighted by molar-refractivity contribution is 9.11. The highest BCUT2D eigenvalue weighted by Gasteiger charge is 2.23. The Labute approximate surface area is 98.1 Å². The molecule has 1 saturated heterocycles. The number of halogens is 1. The average molecular weight is 275 g/mol. The fourth-order valence-electron chi connectivity index (χ4n) is 1.66. The van der Waals surface area contributed by atoms with Gasteiger partial charge in [-0.2, -0.15) is 0 Å².